The smallest absolute Gasteiger partial charge is 0.238 e. The van der Waals surface area contributed by atoms with E-state index >= 15 is 0 Å². The van der Waals surface area contributed by atoms with Crippen LogP contribution in [0.3, 0.4) is 0 Å². The molecule has 0 aliphatic carbocycles. The third-order valence-electron chi connectivity index (χ3n) is 6.79. The monoisotopic (exact) mass is 645 g/mol. The Balaban J connectivity index is 1.22. The number of methoxy groups -OCH3 is 3. The maximum Gasteiger partial charge on any atom is 0.238 e. The number of hydrogen-bond donors (Lipinski definition) is 2. The van der Waals surface area contributed by atoms with Crippen molar-refractivity contribution in [1.82, 2.24) is 10.3 Å². The molecule has 5 rings (SSSR count). The summed E-state index contributed by atoms with van der Waals surface area (Å²) in [5.74, 6) is 4.99. The summed E-state index contributed by atoms with van der Waals surface area (Å²) in [6, 6.07) is 28.2. The minimum Gasteiger partial charge on any atom is -0.497 e. The number of thioether (sulfide) groups is 2. The molecule has 7 nitrogen and oxygen atoms in total. The van der Waals surface area contributed by atoms with Gasteiger partial charge in [0, 0.05) is 34.3 Å². The normalized spacial score (nSPS) is 11.0. The number of carbonyl (C=O) groups is 1. The molecule has 2 N–H and O–H groups in total. The number of fused-ring (bicyclic) bond motifs is 1. The van der Waals surface area contributed by atoms with E-state index in [1.165, 1.54) is 11.1 Å². The molecule has 0 unspecified atom stereocenters. The van der Waals surface area contributed by atoms with Gasteiger partial charge in [0.2, 0.25) is 5.91 Å². The van der Waals surface area contributed by atoms with Crippen LogP contribution in [0.1, 0.15) is 11.1 Å². The molecule has 0 atom stereocenters. The zero-order chi connectivity index (χ0) is 30.7. The average molecular weight is 646 g/mol. The number of rotatable bonds is 15. The van der Waals surface area contributed by atoms with Gasteiger partial charge in [-0.2, -0.15) is 11.8 Å². The molecule has 4 aromatic carbocycles. The van der Waals surface area contributed by atoms with Crippen LogP contribution in [0.5, 0.6) is 17.2 Å². The molecule has 0 saturated heterocycles. The molecule has 0 radical (unpaired) electrons. The molecule has 5 aromatic rings. The molecule has 0 spiro atoms. The van der Waals surface area contributed by atoms with Crippen molar-refractivity contribution in [2.45, 2.75) is 16.4 Å². The predicted molar refractivity (Wildman–Crippen MR) is 185 cm³/mol. The lowest BCUT2D eigenvalue weighted by Gasteiger charge is -2.13. The number of hydrogen-bond acceptors (Lipinski definition) is 9. The fraction of sp³-hybridized carbons (Fsp3) is 0.235. The Kier molecular flexibility index (Phi) is 11.4. The Morgan fingerprint density at radius 1 is 0.795 bits per heavy atom. The van der Waals surface area contributed by atoms with Gasteiger partial charge in [0.15, 0.2) is 0 Å². The molecule has 1 amide bonds. The Bertz CT molecular complexity index is 1670. The van der Waals surface area contributed by atoms with Crippen LogP contribution < -0.4 is 24.8 Å². The minimum atomic E-state index is -0.0809. The first kappa shape index (κ1) is 31.7. The first-order valence-electron chi connectivity index (χ1n) is 14.1. The highest BCUT2D eigenvalue weighted by atomic mass is 32.2. The summed E-state index contributed by atoms with van der Waals surface area (Å²) in [6.07, 6.45) is 0. The quantitative estimate of drug-likeness (QED) is 0.0884. The van der Waals surface area contributed by atoms with E-state index < -0.39 is 0 Å². The number of amides is 1. The van der Waals surface area contributed by atoms with Gasteiger partial charge in [0.05, 0.1) is 43.8 Å². The van der Waals surface area contributed by atoms with Crippen molar-refractivity contribution >= 4 is 56.7 Å². The Morgan fingerprint density at radius 2 is 1.45 bits per heavy atom. The van der Waals surface area contributed by atoms with E-state index in [0.29, 0.717) is 0 Å². The minimum absolute atomic E-state index is 0.0809. The maximum absolute atomic E-state index is 13.0. The fourth-order valence-electron chi connectivity index (χ4n) is 4.38. The van der Waals surface area contributed by atoms with Gasteiger partial charge < -0.3 is 24.8 Å². The highest BCUT2D eigenvalue weighted by molar-refractivity contribution is 7.98. The second-order valence-electron chi connectivity index (χ2n) is 9.83. The Morgan fingerprint density at radius 3 is 2.14 bits per heavy atom. The summed E-state index contributed by atoms with van der Waals surface area (Å²) >= 11 is 5.12. The third kappa shape index (κ3) is 8.69. The van der Waals surface area contributed by atoms with Crippen LogP contribution in [-0.4, -0.2) is 51.1 Å². The van der Waals surface area contributed by atoms with Crippen LogP contribution in [0.15, 0.2) is 89.8 Å². The number of benzene rings is 4. The van der Waals surface area contributed by atoms with Crippen LogP contribution in [-0.2, 0) is 16.3 Å². The number of carbonyl (C=O) groups excluding carboxylic acids is 1. The molecule has 1 heterocycles. The lowest BCUT2D eigenvalue weighted by atomic mass is 10.2. The molecule has 0 saturated carbocycles. The number of ether oxygens (including phenoxy) is 3. The van der Waals surface area contributed by atoms with Gasteiger partial charge in [0.1, 0.15) is 22.3 Å². The molecule has 1 aromatic heterocycles. The number of anilines is 1. The molecule has 228 valence electrons. The van der Waals surface area contributed by atoms with Crippen LogP contribution in [0.25, 0.3) is 20.8 Å². The van der Waals surface area contributed by atoms with Crippen LogP contribution in [0.2, 0.25) is 0 Å². The summed E-state index contributed by atoms with van der Waals surface area (Å²) in [6.45, 7) is 0.972. The van der Waals surface area contributed by atoms with Crippen molar-refractivity contribution in [2.75, 3.05) is 45.5 Å². The van der Waals surface area contributed by atoms with Gasteiger partial charge in [-0.3, -0.25) is 4.79 Å². The van der Waals surface area contributed by atoms with Gasteiger partial charge in [-0.05, 0) is 65.7 Å². The van der Waals surface area contributed by atoms with Crippen molar-refractivity contribution in [1.29, 1.82) is 0 Å². The molecule has 0 aliphatic heterocycles. The number of thiazole rings is 1. The van der Waals surface area contributed by atoms with Crippen LogP contribution in [0.4, 0.5) is 5.69 Å². The zero-order valence-electron chi connectivity index (χ0n) is 24.9. The van der Waals surface area contributed by atoms with Crippen LogP contribution in [0, 0.1) is 0 Å². The SMILES string of the molecule is COc1ccc(CSCCNCC(=O)Nc2cc(-c3nc4ccc(OC)cc4s3)ccc2SCc2ccc(OC)cc2)cc1. The molecule has 0 fully saturated rings. The van der Waals surface area contributed by atoms with Crippen molar-refractivity contribution in [2.24, 2.45) is 0 Å². The van der Waals surface area contributed by atoms with Crippen molar-refractivity contribution in [3.8, 4) is 27.8 Å². The standard InChI is InChI=1S/C34H35N3O4S3/c1-39-26-9-4-23(5-10-26)21-42-17-16-35-20-33(38)36-30-18-25(34-37-29-14-13-28(41-3)19-32(29)44-34)8-15-31(30)43-22-24-6-11-27(40-2)12-7-24/h4-15,18-19,35H,16-17,20-22H2,1-3H3,(H,36,38). The largest absolute Gasteiger partial charge is 0.497 e. The first-order valence-corrected chi connectivity index (χ1v) is 17.1. The number of nitrogens with one attached hydrogen (secondary N) is 2. The third-order valence-corrected chi connectivity index (χ3v) is 10.0. The van der Waals surface area contributed by atoms with Crippen molar-refractivity contribution in [3.63, 3.8) is 0 Å². The summed E-state index contributed by atoms with van der Waals surface area (Å²) in [5.41, 5.74) is 5.07. The maximum atomic E-state index is 13.0. The van der Waals surface area contributed by atoms with Gasteiger partial charge in [-0.25, -0.2) is 4.98 Å². The molecular formula is C34H35N3O4S3. The fourth-order valence-corrected chi connectivity index (χ4v) is 7.17. The van der Waals surface area contributed by atoms with Gasteiger partial charge in [-0.1, -0.05) is 30.3 Å². The molecule has 0 aliphatic rings. The van der Waals surface area contributed by atoms with E-state index in [4.69, 9.17) is 19.2 Å². The molecule has 0 bridgehead atoms. The molecule has 10 heteroatoms. The molecule has 44 heavy (non-hydrogen) atoms. The van der Waals surface area contributed by atoms with Crippen molar-refractivity contribution in [3.05, 3.63) is 96.1 Å². The highest BCUT2D eigenvalue weighted by Crippen LogP contribution is 2.37. The lowest BCUT2D eigenvalue weighted by Crippen LogP contribution is -2.29. The lowest BCUT2D eigenvalue weighted by molar-refractivity contribution is -0.115. The second-order valence-corrected chi connectivity index (χ2v) is 13.0. The van der Waals surface area contributed by atoms with Gasteiger partial charge in [0.25, 0.3) is 0 Å². The van der Waals surface area contributed by atoms with Gasteiger partial charge >= 0.3 is 0 Å². The summed E-state index contributed by atoms with van der Waals surface area (Å²) in [4.78, 5) is 18.9. The number of aromatic nitrogens is 1. The van der Waals surface area contributed by atoms with E-state index in [-0.39, 0.29) is 12.5 Å². The molecular weight excluding hydrogens is 611 g/mol. The van der Waals surface area contributed by atoms with E-state index in [9.17, 15) is 4.79 Å². The highest BCUT2D eigenvalue weighted by Gasteiger charge is 2.13. The van der Waals surface area contributed by atoms with Crippen LogP contribution >= 0.6 is 34.9 Å². The number of nitrogens with zero attached hydrogens (tertiary/aromatic N) is 1. The van der Waals surface area contributed by atoms with Gasteiger partial charge in [-0.15, -0.1) is 23.1 Å². The average Bonchev–Trinajstić information content (AvgIpc) is 3.50. The van der Waals surface area contributed by atoms with E-state index in [1.54, 1.807) is 44.4 Å². The first-order chi connectivity index (χ1) is 21.5. The topological polar surface area (TPSA) is 81.7 Å². The summed E-state index contributed by atoms with van der Waals surface area (Å²) in [7, 11) is 5.00. The Hall–Kier alpha value is -3.70. The second kappa shape index (κ2) is 15.9. The Labute approximate surface area is 270 Å². The van der Waals surface area contributed by atoms with E-state index in [1.807, 2.05) is 60.3 Å². The zero-order valence-corrected chi connectivity index (χ0v) is 27.4. The summed E-state index contributed by atoms with van der Waals surface area (Å²) < 4.78 is 16.9. The predicted octanol–water partition coefficient (Wildman–Crippen LogP) is 7.74. The van der Waals surface area contributed by atoms with E-state index in [0.717, 1.165) is 72.4 Å². The summed E-state index contributed by atoms with van der Waals surface area (Å²) in [5, 5.41) is 7.32. The van der Waals surface area contributed by atoms with Crippen molar-refractivity contribution < 1.29 is 19.0 Å². The van der Waals surface area contributed by atoms with E-state index in [2.05, 4.69) is 47.0 Å².